The van der Waals surface area contributed by atoms with Crippen molar-refractivity contribution >= 4 is 11.3 Å². The quantitative estimate of drug-likeness (QED) is 0.860. The summed E-state index contributed by atoms with van der Waals surface area (Å²) in [4.78, 5) is 4.61. The Bertz CT molecular complexity index is 307. The molecule has 15 heavy (non-hydrogen) atoms. The van der Waals surface area contributed by atoms with Gasteiger partial charge in [0.05, 0.1) is 17.3 Å². The van der Waals surface area contributed by atoms with Crippen LogP contribution in [-0.2, 0) is 4.74 Å². The van der Waals surface area contributed by atoms with Crippen molar-refractivity contribution in [1.82, 2.24) is 4.98 Å². The zero-order valence-corrected chi connectivity index (χ0v) is 9.80. The minimum atomic E-state index is 0.162. The third kappa shape index (κ3) is 2.56. The van der Waals surface area contributed by atoms with Crippen LogP contribution in [0.25, 0.3) is 0 Å². The van der Waals surface area contributed by atoms with Crippen LogP contribution in [0.1, 0.15) is 42.3 Å². The highest BCUT2D eigenvalue weighted by Crippen LogP contribution is 2.30. The summed E-state index contributed by atoms with van der Waals surface area (Å²) in [6.45, 7) is 3.89. The van der Waals surface area contributed by atoms with Crippen molar-refractivity contribution in [3.63, 3.8) is 0 Å². The van der Waals surface area contributed by atoms with E-state index in [1.807, 2.05) is 6.92 Å². The molecule has 84 valence electrons. The minimum Gasteiger partial charge on any atom is -0.396 e. The summed E-state index contributed by atoms with van der Waals surface area (Å²) in [6.07, 6.45) is 2.17. The monoisotopic (exact) mass is 227 g/mol. The van der Waals surface area contributed by atoms with E-state index in [0.29, 0.717) is 5.92 Å². The van der Waals surface area contributed by atoms with E-state index in [1.165, 1.54) is 5.01 Å². The predicted octanol–water partition coefficient (Wildman–Crippen LogP) is 2.13. The Balaban J connectivity index is 2.05. The first kappa shape index (κ1) is 11.0. The summed E-state index contributed by atoms with van der Waals surface area (Å²) >= 11 is 1.72. The number of nitrogens with zero attached hydrogens (tertiary/aromatic N) is 1. The van der Waals surface area contributed by atoms with Crippen LogP contribution in [0, 0.1) is 0 Å². The molecule has 1 aromatic rings. The van der Waals surface area contributed by atoms with Crippen LogP contribution in [0.2, 0.25) is 0 Å². The van der Waals surface area contributed by atoms with Gasteiger partial charge < -0.3 is 9.84 Å². The number of hydrogen-bond acceptors (Lipinski definition) is 4. The second-order valence-corrected chi connectivity index (χ2v) is 4.97. The molecule has 0 amide bonds. The summed E-state index contributed by atoms with van der Waals surface area (Å²) in [6, 6.07) is 0. The Labute approximate surface area is 94.1 Å². The van der Waals surface area contributed by atoms with E-state index in [9.17, 15) is 0 Å². The van der Waals surface area contributed by atoms with E-state index >= 15 is 0 Å². The predicted molar refractivity (Wildman–Crippen MR) is 60.4 cm³/mol. The SMILES string of the molecule is CC(CO)c1csc(C2CCOCC2)n1. The fraction of sp³-hybridized carbons (Fsp3) is 0.727. The van der Waals surface area contributed by atoms with Crippen molar-refractivity contribution in [3.05, 3.63) is 16.1 Å². The lowest BCUT2D eigenvalue weighted by atomic mass is 10.0. The van der Waals surface area contributed by atoms with Crippen molar-refractivity contribution in [1.29, 1.82) is 0 Å². The van der Waals surface area contributed by atoms with E-state index < -0.39 is 0 Å². The van der Waals surface area contributed by atoms with Gasteiger partial charge in [0.15, 0.2) is 0 Å². The lowest BCUT2D eigenvalue weighted by Crippen LogP contribution is -2.14. The number of aromatic nitrogens is 1. The Hall–Kier alpha value is -0.450. The van der Waals surface area contributed by atoms with E-state index in [4.69, 9.17) is 9.84 Å². The van der Waals surface area contributed by atoms with Crippen molar-refractivity contribution in [3.8, 4) is 0 Å². The number of aliphatic hydroxyl groups excluding tert-OH is 1. The Morgan fingerprint density at radius 3 is 3.00 bits per heavy atom. The van der Waals surface area contributed by atoms with Gasteiger partial charge in [-0.1, -0.05) is 6.92 Å². The second kappa shape index (κ2) is 5.05. The standard InChI is InChI=1S/C11H17NO2S/c1-8(6-13)10-7-15-11(12-10)9-2-4-14-5-3-9/h7-9,13H,2-6H2,1H3. The molecule has 0 bridgehead atoms. The average molecular weight is 227 g/mol. The van der Waals surface area contributed by atoms with Gasteiger partial charge in [-0.2, -0.15) is 0 Å². The molecule has 1 saturated heterocycles. The number of rotatable bonds is 3. The topological polar surface area (TPSA) is 42.4 Å². The third-order valence-corrected chi connectivity index (χ3v) is 3.91. The van der Waals surface area contributed by atoms with Crippen molar-refractivity contribution < 1.29 is 9.84 Å². The lowest BCUT2D eigenvalue weighted by molar-refractivity contribution is 0.0852. The zero-order valence-electron chi connectivity index (χ0n) is 8.98. The summed E-state index contributed by atoms with van der Waals surface area (Å²) in [5.41, 5.74) is 1.03. The van der Waals surface area contributed by atoms with Gasteiger partial charge in [-0.15, -0.1) is 11.3 Å². The molecule has 4 heteroatoms. The second-order valence-electron chi connectivity index (χ2n) is 4.08. The van der Waals surface area contributed by atoms with Gasteiger partial charge in [0.1, 0.15) is 0 Å². The Morgan fingerprint density at radius 2 is 2.33 bits per heavy atom. The first-order valence-electron chi connectivity index (χ1n) is 5.45. The van der Waals surface area contributed by atoms with E-state index in [-0.39, 0.29) is 12.5 Å². The minimum absolute atomic E-state index is 0.162. The largest absolute Gasteiger partial charge is 0.396 e. The molecule has 0 aliphatic carbocycles. The summed E-state index contributed by atoms with van der Waals surface area (Å²) in [5, 5.41) is 12.3. The number of hydrogen-bond donors (Lipinski definition) is 1. The molecular weight excluding hydrogens is 210 g/mol. The molecule has 0 aromatic carbocycles. The van der Waals surface area contributed by atoms with Gasteiger partial charge in [0, 0.05) is 30.4 Å². The molecule has 2 heterocycles. The molecular formula is C11H17NO2S. The normalized spacial score (nSPS) is 20.4. The highest BCUT2D eigenvalue weighted by atomic mass is 32.1. The smallest absolute Gasteiger partial charge is 0.0961 e. The van der Waals surface area contributed by atoms with Crippen LogP contribution in [0.4, 0.5) is 0 Å². The van der Waals surface area contributed by atoms with Crippen molar-refractivity contribution in [2.45, 2.75) is 31.6 Å². The number of ether oxygens (including phenoxy) is 1. The number of aliphatic hydroxyl groups is 1. The summed E-state index contributed by atoms with van der Waals surface area (Å²) in [7, 11) is 0. The van der Waals surface area contributed by atoms with Crippen LogP contribution < -0.4 is 0 Å². The van der Waals surface area contributed by atoms with E-state index in [1.54, 1.807) is 11.3 Å². The maximum atomic E-state index is 9.05. The van der Waals surface area contributed by atoms with Gasteiger partial charge in [-0.25, -0.2) is 4.98 Å². The summed E-state index contributed by atoms with van der Waals surface area (Å²) in [5.74, 6) is 0.734. The molecule has 1 N–H and O–H groups in total. The van der Waals surface area contributed by atoms with Crippen LogP contribution >= 0.6 is 11.3 Å². The van der Waals surface area contributed by atoms with Crippen LogP contribution in [-0.4, -0.2) is 29.9 Å². The van der Waals surface area contributed by atoms with Crippen molar-refractivity contribution in [2.75, 3.05) is 19.8 Å². The van der Waals surface area contributed by atoms with Crippen LogP contribution in [0.3, 0.4) is 0 Å². The Morgan fingerprint density at radius 1 is 1.60 bits per heavy atom. The molecule has 0 saturated carbocycles. The lowest BCUT2D eigenvalue weighted by Gasteiger charge is -2.19. The third-order valence-electron chi connectivity index (χ3n) is 2.89. The molecule has 3 nitrogen and oxygen atoms in total. The highest BCUT2D eigenvalue weighted by molar-refractivity contribution is 7.09. The molecule has 2 rings (SSSR count). The molecule has 1 fully saturated rings. The Kier molecular flexibility index (Phi) is 3.72. The van der Waals surface area contributed by atoms with Crippen LogP contribution in [0.15, 0.2) is 5.38 Å². The fourth-order valence-corrected chi connectivity index (χ4v) is 2.87. The maximum Gasteiger partial charge on any atom is 0.0961 e. The first-order valence-corrected chi connectivity index (χ1v) is 6.33. The highest BCUT2D eigenvalue weighted by Gasteiger charge is 2.20. The van der Waals surface area contributed by atoms with Gasteiger partial charge in [-0.05, 0) is 12.8 Å². The van der Waals surface area contributed by atoms with Gasteiger partial charge >= 0.3 is 0 Å². The molecule has 1 aromatic heterocycles. The average Bonchev–Trinajstić information content (AvgIpc) is 2.78. The molecule has 1 unspecified atom stereocenters. The zero-order chi connectivity index (χ0) is 10.7. The molecule has 0 radical (unpaired) electrons. The van der Waals surface area contributed by atoms with Gasteiger partial charge in [0.25, 0.3) is 0 Å². The maximum absolute atomic E-state index is 9.05. The van der Waals surface area contributed by atoms with Crippen molar-refractivity contribution in [2.24, 2.45) is 0 Å². The first-order chi connectivity index (χ1) is 7.31. The van der Waals surface area contributed by atoms with E-state index in [2.05, 4.69) is 10.4 Å². The fourth-order valence-electron chi connectivity index (χ4n) is 1.75. The van der Waals surface area contributed by atoms with Crippen LogP contribution in [0.5, 0.6) is 0 Å². The van der Waals surface area contributed by atoms with Gasteiger partial charge in [0.2, 0.25) is 0 Å². The summed E-state index contributed by atoms with van der Waals surface area (Å²) < 4.78 is 5.33. The molecule has 1 atom stereocenters. The molecule has 0 spiro atoms. The van der Waals surface area contributed by atoms with E-state index in [0.717, 1.165) is 31.7 Å². The van der Waals surface area contributed by atoms with Gasteiger partial charge in [-0.3, -0.25) is 0 Å². The number of thiazole rings is 1. The molecule has 1 aliphatic rings. The molecule has 1 aliphatic heterocycles.